The number of amidine groups is 1. The lowest BCUT2D eigenvalue weighted by atomic mass is 10.1. The predicted octanol–water partition coefficient (Wildman–Crippen LogP) is 0.205. The van der Waals surface area contributed by atoms with Crippen LogP contribution in [-0.2, 0) is 0 Å². The molecule has 0 aromatic heterocycles. The highest BCUT2D eigenvalue weighted by molar-refractivity contribution is 5.97. The Labute approximate surface area is 123 Å². The number of rotatable bonds is 3. The molecule has 1 aliphatic heterocycles. The number of aryl methyl sites for hydroxylation is 1. The number of amides is 1. The molecular formula is C14H20N4O3. The summed E-state index contributed by atoms with van der Waals surface area (Å²) in [6, 6.07) is 5.00. The van der Waals surface area contributed by atoms with Crippen molar-refractivity contribution in [2.75, 3.05) is 32.7 Å². The summed E-state index contributed by atoms with van der Waals surface area (Å²) in [7, 11) is 0. The number of nitrogens with two attached hydrogens (primary N) is 1. The van der Waals surface area contributed by atoms with Gasteiger partial charge in [0.2, 0.25) is 0 Å². The van der Waals surface area contributed by atoms with Crippen LogP contribution in [0.4, 0.5) is 0 Å². The smallest absolute Gasteiger partial charge is 0.257 e. The van der Waals surface area contributed by atoms with Gasteiger partial charge in [0.15, 0.2) is 5.84 Å². The summed E-state index contributed by atoms with van der Waals surface area (Å²) < 4.78 is 0. The lowest BCUT2D eigenvalue weighted by molar-refractivity contribution is 0.0650. The lowest BCUT2D eigenvalue weighted by Crippen LogP contribution is -2.50. The predicted molar refractivity (Wildman–Crippen MR) is 78.6 cm³/mol. The Kier molecular flexibility index (Phi) is 4.64. The van der Waals surface area contributed by atoms with Crippen molar-refractivity contribution in [1.29, 1.82) is 0 Å². The van der Waals surface area contributed by atoms with Crippen molar-refractivity contribution in [1.82, 2.24) is 9.80 Å². The van der Waals surface area contributed by atoms with Crippen molar-refractivity contribution in [3.63, 3.8) is 0 Å². The maximum atomic E-state index is 12.4. The zero-order valence-electron chi connectivity index (χ0n) is 12.0. The average molecular weight is 292 g/mol. The van der Waals surface area contributed by atoms with E-state index in [0.717, 1.165) is 5.56 Å². The Morgan fingerprint density at radius 3 is 2.62 bits per heavy atom. The molecule has 0 aliphatic carbocycles. The van der Waals surface area contributed by atoms with Crippen molar-refractivity contribution < 1.29 is 15.1 Å². The molecule has 0 atom stereocenters. The van der Waals surface area contributed by atoms with Crippen LogP contribution >= 0.6 is 0 Å². The molecule has 7 nitrogen and oxygen atoms in total. The Morgan fingerprint density at radius 2 is 2.00 bits per heavy atom. The van der Waals surface area contributed by atoms with Gasteiger partial charge in [-0.05, 0) is 19.1 Å². The molecule has 1 aliphatic rings. The van der Waals surface area contributed by atoms with Gasteiger partial charge in [0.05, 0.1) is 12.1 Å². The molecule has 1 aromatic carbocycles. The summed E-state index contributed by atoms with van der Waals surface area (Å²) in [4.78, 5) is 16.1. The molecule has 1 saturated heterocycles. The second-order valence-corrected chi connectivity index (χ2v) is 5.18. The van der Waals surface area contributed by atoms with E-state index in [1.54, 1.807) is 17.0 Å². The molecule has 7 heteroatoms. The van der Waals surface area contributed by atoms with Gasteiger partial charge in [-0.3, -0.25) is 9.69 Å². The third-order valence-electron chi connectivity index (χ3n) is 3.56. The standard InChI is InChI=1S/C14H20N4O3/c1-10-2-3-12(19)11(8-10)14(20)18-6-4-17(5-7-18)9-13(15)16-21/h2-3,8,19,21H,4-7,9H2,1H3,(H2,15,16). The van der Waals surface area contributed by atoms with Crippen LogP contribution in [0.25, 0.3) is 0 Å². The maximum Gasteiger partial charge on any atom is 0.257 e. The topological polar surface area (TPSA) is 102 Å². The highest BCUT2D eigenvalue weighted by atomic mass is 16.4. The van der Waals surface area contributed by atoms with Gasteiger partial charge in [-0.1, -0.05) is 16.8 Å². The molecule has 4 N–H and O–H groups in total. The number of hydrogen-bond acceptors (Lipinski definition) is 5. The number of piperazine rings is 1. The number of aromatic hydroxyl groups is 1. The van der Waals surface area contributed by atoms with Crippen molar-refractivity contribution in [2.45, 2.75) is 6.92 Å². The number of hydrogen-bond donors (Lipinski definition) is 3. The highest BCUT2D eigenvalue weighted by Crippen LogP contribution is 2.20. The van der Waals surface area contributed by atoms with Gasteiger partial charge >= 0.3 is 0 Å². The first-order chi connectivity index (χ1) is 10.0. The normalized spacial score (nSPS) is 17.0. The van der Waals surface area contributed by atoms with Gasteiger partial charge < -0.3 is 20.9 Å². The number of nitrogens with zero attached hydrogens (tertiary/aromatic N) is 3. The minimum Gasteiger partial charge on any atom is -0.507 e. The van der Waals surface area contributed by atoms with E-state index in [9.17, 15) is 9.90 Å². The van der Waals surface area contributed by atoms with E-state index < -0.39 is 0 Å². The van der Waals surface area contributed by atoms with Crippen molar-refractivity contribution in [3.8, 4) is 5.75 Å². The first kappa shape index (κ1) is 15.1. The number of phenols is 1. The van der Waals surface area contributed by atoms with Crippen molar-refractivity contribution in [2.24, 2.45) is 10.9 Å². The Bertz CT molecular complexity index is 551. The van der Waals surface area contributed by atoms with Gasteiger partial charge in [0.1, 0.15) is 5.75 Å². The van der Waals surface area contributed by atoms with Crippen LogP contribution in [0, 0.1) is 6.92 Å². The number of carbonyl (C=O) groups is 1. The fourth-order valence-corrected chi connectivity index (χ4v) is 2.36. The fraction of sp³-hybridized carbons (Fsp3) is 0.429. The zero-order valence-corrected chi connectivity index (χ0v) is 12.0. The second kappa shape index (κ2) is 6.45. The fourth-order valence-electron chi connectivity index (χ4n) is 2.36. The molecule has 1 aromatic rings. The van der Waals surface area contributed by atoms with Gasteiger partial charge in [-0.25, -0.2) is 0 Å². The summed E-state index contributed by atoms with van der Waals surface area (Å²) in [6.45, 7) is 4.65. The number of benzene rings is 1. The number of oxime groups is 1. The van der Waals surface area contributed by atoms with Crippen LogP contribution in [0.3, 0.4) is 0 Å². The summed E-state index contributed by atoms with van der Waals surface area (Å²) in [5.41, 5.74) is 6.74. The monoisotopic (exact) mass is 292 g/mol. The van der Waals surface area contributed by atoms with Crippen molar-refractivity contribution in [3.05, 3.63) is 29.3 Å². The molecule has 0 spiro atoms. The van der Waals surface area contributed by atoms with Gasteiger partial charge in [-0.15, -0.1) is 0 Å². The van der Waals surface area contributed by atoms with Crippen molar-refractivity contribution >= 4 is 11.7 Å². The third-order valence-corrected chi connectivity index (χ3v) is 3.56. The van der Waals surface area contributed by atoms with E-state index in [4.69, 9.17) is 10.9 Å². The highest BCUT2D eigenvalue weighted by Gasteiger charge is 2.24. The molecular weight excluding hydrogens is 272 g/mol. The van der Waals surface area contributed by atoms with E-state index in [2.05, 4.69) is 5.16 Å². The molecule has 2 rings (SSSR count). The summed E-state index contributed by atoms with van der Waals surface area (Å²) >= 11 is 0. The van der Waals surface area contributed by atoms with Crippen LogP contribution in [0.1, 0.15) is 15.9 Å². The zero-order chi connectivity index (χ0) is 15.4. The molecule has 0 saturated carbocycles. The minimum absolute atomic E-state index is 0.00434. The van der Waals surface area contributed by atoms with E-state index in [-0.39, 0.29) is 17.5 Å². The Balaban J connectivity index is 1.99. The van der Waals surface area contributed by atoms with E-state index in [1.165, 1.54) is 6.07 Å². The van der Waals surface area contributed by atoms with Gasteiger partial charge in [-0.2, -0.15) is 0 Å². The van der Waals surface area contributed by atoms with Crippen LogP contribution in [0.15, 0.2) is 23.4 Å². The SMILES string of the molecule is Cc1ccc(O)c(C(=O)N2CCN(CC(N)=NO)CC2)c1. The summed E-state index contributed by atoms with van der Waals surface area (Å²) in [5.74, 6) is -0.00422. The van der Waals surface area contributed by atoms with Crippen LogP contribution in [0.2, 0.25) is 0 Å². The largest absolute Gasteiger partial charge is 0.507 e. The van der Waals surface area contributed by atoms with E-state index in [1.807, 2.05) is 11.8 Å². The number of carbonyl (C=O) groups excluding carboxylic acids is 1. The summed E-state index contributed by atoms with van der Waals surface area (Å²) in [5, 5.41) is 21.3. The molecule has 21 heavy (non-hydrogen) atoms. The maximum absolute atomic E-state index is 12.4. The molecule has 1 heterocycles. The van der Waals surface area contributed by atoms with Crippen LogP contribution < -0.4 is 5.73 Å². The Morgan fingerprint density at radius 1 is 1.33 bits per heavy atom. The molecule has 1 fully saturated rings. The van der Waals surface area contributed by atoms with E-state index >= 15 is 0 Å². The van der Waals surface area contributed by atoms with Crippen LogP contribution in [0.5, 0.6) is 5.75 Å². The first-order valence-corrected chi connectivity index (χ1v) is 6.79. The van der Waals surface area contributed by atoms with E-state index in [0.29, 0.717) is 38.3 Å². The van der Waals surface area contributed by atoms with Gasteiger partial charge in [0.25, 0.3) is 5.91 Å². The second-order valence-electron chi connectivity index (χ2n) is 5.18. The summed E-state index contributed by atoms with van der Waals surface area (Å²) in [6.07, 6.45) is 0. The molecule has 0 unspecified atom stereocenters. The molecule has 114 valence electrons. The van der Waals surface area contributed by atoms with Crippen LogP contribution in [-0.4, -0.2) is 64.6 Å². The molecule has 0 radical (unpaired) electrons. The average Bonchev–Trinajstić information content (AvgIpc) is 2.49. The third kappa shape index (κ3) is 3.63. The number of phenolic OH excluding ortho intramolecular Hbond substituents is 1. The lowest BCUT2D eigenvalue weighted by Gasteiger charge is -2.34. The van der Waals surface area contributed by atoms with Gasteiger partial charge in [0, 0.05) is 26.2 Å². The molecule has 1 amide bonds. The Hall–Kier alpha value is -2.28. The molecule has 0 bridgehead atoms. The quantitative estimate of drug-likeness (QED) is 0.320. The first-order valence-electron chi connectivity index (χ1n) is 6.79. The minimum atomic E-state index is -0.167.